The van der Waals surface area contributed by atoms with Crippen molar-refractivity contribution >= 4 is 75.8 Å². The lowest BCUT2D eigenvalue weighted by Gasteiger charge is -2.32. The Kier molecular flexibility index (Phi) is 11.0. The number of anilines is 2. The first-order valence-corrected chi connectivity index (χ1v) is 17.7. The van der Waals surface area contributed by atoms with Crippen molar-refractivity contribution < 1.29 is 28.8 Å². The molecular formula is C37H40Cl3N5O6. The smallest absolute Gasteiger partial charge is 0.411 e. The van der Waals surface area contributed by atoms with Gasteiger partial charge in [0.05, 0.1) is 22.3 Å². The third-order valence-electron chi connectivity index (χ3n) is 9.52. The molecule has 11 nitrogen and oxygen atoms in total. The highest BCUT2D eigenvalue weighted by molar-refractivity contribution is 6.43. The van der Waals surface area contributed by atoms with E-state index in [0.717, 1.165) is 38.9 Å². The van der Waals surface area contributed by atoms with Crippen LogP contribution in [-0.2, 0) is 25.2 Å². The molecule has 0 bridgehead atoms. The van der Waals surface area contributed by atoms with Gasteiger partial charge in [-0.3, -0.25) is 19.3 Å². The largest absolute Gasteiger partial charge is 0.447 e. The zero-order valence-corrected chi connectivity index (χ0v) is 31.7. The number of cyclic esters (lactones) is 1. The molecule has 1 atom stereocenters. The molecule has 270 valence electrons. The van der Waals surface area contributed by atoms with Crippen molar-refractivity contribution in [1.29, 1.82) is 0 Å². The van der Waals surface area contributed by atoms with Gasteiger partial charge in [0.15, 0.2) is 17.6 Å². The number of hydrogen-bond acceptors (Lipinski definition) is 7. The van der Waals surface area contributed by atoms with Crippen molar-refractivity contribution in [3.05, 3.63) is 86.4 Å². The first-order chi connectivity index (χ1) is 24.0. The van der Waals surface area contributed by atoms with Crippen molar-refractivity contribution in [1.82, 2.24) is 10.2 Å². The summed E-state index contributed by atoms with van der Waals surface area (Å²) < 4.78 is 5.07. The van der Waals surface area contributed by atoms with E-state index in [-0.39, 0.29) is 56.1 Å². The van der Waals surface area contributed by atoms with Gasteiger partial charge < -0.3 is 14.9 Å². The van der Waals surface area contributed by atoms with Gasteiger partial charge in [-0.05, 0) is 65.6 Å². The molecule has 0 aromatic heterocycles. The van der Waals surface area contributed by atoms with E-state index in [0.29, 0.717) is 11.4 Å². The molecule has 0 aliphatic carbocycles. The van der Waals surface area contributed by atoms with Crippen LogP contribution in [0.15, 0.2) is 59.7 Å². The maximum atomic E-state index is 13.8. The number of ether oxygens (including phenoxy) is 1. The summed E-state index contributed by atoms with van der Waals surface area (Å²) in [5, 5.41) is 9.39. The quantitative estimate of drug-likeness (QED) is 0.208. The number of hydrazone groups is 1. The zero-order valence-electron chi connectivity index (χ0n) is 29.5. The second kappa shape index (κ2) is 14.7. The number of carbonyl (C=O) groups is 4. The molecule has 1 saturated heterocycles. The minimum absolute atomic E-state index is 0.0303. The van der Waals surface area contributed by atoms with Crippen molar-refractivity contribution in [2.24, 2.45) is 5.10 Å². The number of carbonyl (C=O) groups excluding carboxylic acids is 4. The third kappa shape index (κ3) is 7.66. The molecule has 2 aliphatic rings. The fourth-order valence-corrected chi connectivity index (χ4v) is 6.65. The number of benzene rings is 3. The summed E-state index contributed by atoms with van der Waals surface area (Å²) in [6.07, 6.45) is 1.02. The molecule has 3 aromatic rings. The fraction of sp³-hybridized carbons (Fsp3) is 0.378. The predicted octanol–water partition coefficient (Wildman–Crippen LogP) is 8.28. The molecule has 2 aliphatic heterocycles. The molecule has 1 unspecified atom stereocenters. The molecule has 0 spiro atoms. The van der Waals surface area contributed by atoms with Crippen LogP contribution in [0.4, 0.5) is 16.2 Å². The normalized spacial score (nSPS) is 16.3. The Hall–Kier alpha value is -4.32. The van der Waals surface area contributed by atoms with Crippen LogP contribution in [0.5, 0.6) is 5.75 Å². The van der Waals surface area contributed by atoms with Crippen LogP contribution in [-0.4, -0.2) is 53.7 Å². The number of nitrogens with one attached hydrogen (secondary N) is 1. The molecular weight excluding hydrogens is 717 g/mol. The Morgan fingerprint density at radius 2 is 1.65 bits per heavy atom. The average Bonchev–Trinajstić information content (AvgIpc) is 3.63. The summed E-state index contributed by atoms with van der Waals surface area (Å²) in [4.78, 5) is 60.7. The molecule has 1 fully saturated rings. The Bertz CT molecular complexity index is 1910. The summed E-state index contributed by atoms with van der Waals surface area (Å²) in [5.74, 6) is -1.42. The standard InChI is InChI=1S/C37H40Cl3N5O6/c1-8-36(4,5)23-13-14-29(26(18-23)37(6,7)9-2)51-45(21(3)46)25-12-10-11-22(17-25)33(47)41-32-31(43-15-16-50-35(43)49)34(48)44(42-32)30-27(39)19-24(38)20-28(30)40/h10-14,17-20,31H,8-9,15-16H2,1-7H3,(H,41,42,47). The van der Waals surface area contributed by atoms with E-state index in [9.17, 15) is 19.2 Å². The molecule has 3 aromatic carbocycles. The average molecular weight is 757 g/mol. The van der Waals surface area contributed by atoms with Gasteiger partial charge in [-0.2, -0.15) is 5.01 Å². The lowest BCUT2D eigenvalue weighted by molar-refractivity contribution is -0.121. The second-order valence-electron chi connectivity index (χ2n) is 13.7. The van der Waals surface area contributed by atoms with Crippen LogP contribution >= 0.6 is 34.8 Å². The lowest BCUT2D eigenvalue weighted by atomic mass is 9.76. The van der Waals surface area contributed by atoms with Gasteiger partial charge in [-0.1, -0.05) is 94.5 Å². The van der Waals surface area contributed by atoms with E-state index in [4.69, 9.17) is 44.4 Å². The summed E-state index contributed by atoms with van der Waals surface area (Å²) in [5.41, 5.74) is 2.22. The summed E-state index contributed by atoms with van der Waals surface area (Å²) >= 11 is 18.9. The van der Waals surface area contributed by atoms with E-state index >= 15 is 0 Å². The second-order valence-corrected chi connectivity index (χ2v) is 14.9. The Labute approximate surface area is 312 Å². The van der Waals surface area contributed by atoms with Gasteiger partial charge in [0.1, 0.15) is 12.3 Å². The Balaban J connectivity index is 1.48. The minimum atomic E-state index is -1.34. The maximum absolute atomic E-state index is 13.8. The molecule has 51 heavy (non-hydrogen) atoms. The van der Waals surface area contributed by atoms with Crippen molar-refractivity contribution in [3.63, 3.8) is 0 Å². The lowest BCUT2D eigenvalue weighted by Crippen LogP contribution is -2.52. The van der Waals surface area contributed by atoms with Gasteiger partial charge in [0, 0.05) is 23.1 Å². The van der Waals surface area contributed by atoms with Gasteiger partial charge in [0.25, 0.3) is 17.7 Å². The summed E-state index contributed by atoms with van der Waals surface area (Å²) in [6, 6.07) is 13.8. The van der Waals surface area contributed by atoms with Crippen molar-refractivity contribution in [2.75, 3.05) is 23.2 Å². The highest BCUT2D eigenvalue weighted by atomic mass is 35.5. The van der Waals surface area contributed by atoms with Crippen molar-refractivity contribution in [3.8, 4) is 5.75 Å². The van der Waals surface area contributed by atoms with E-state index in [2.05, 4.69) is 58.0 Å². The minimum Gasteiger partial charge on any atom is -0.447 e. The van der Waals surface area contributed by atoms with Gasteiger partial charge in [-0.15, -0.1) is 10.2 Å². The van der Waals surface area contributed by atoms with Crippen LogP contribution in [0.3, 0.4) is 0 Å². The van der Waals surface area contributed by atoms with Crippen LogP contribution in [0, 0.1) is 0 Å². The zero-order chi connectivity index (χ0) is 37.4. The monoisotopic (exact) mass is 755 g/mol. The van der Waals surface area contributed by atoms with Gasteiger partial charge >= 0.3 is 6.09 Å². The van der Waals surface area contributed by atoms with Crippen LogP contribution in [0.2, 0.25) is 15.1 Å². The molecule has 5 rings (SSSR count). The van der Waals surface area contributed by atoms with Crippen LogP contribution in [0.1, 0.15) is 82.8 Å². The fourth-order valence-electron chi connectivity index (χ4n) is 5.67. The van der Waals surface area contributed by atoms with Crippen LogP contribution in [0.25, 0.3) is 0 Å². The number of halogens is 3. The molecule has 2 heterocycles. The number of amides is 4. The summed E-state index contributed by atoms with van der Waals surface area (Å²) in [6.45, 7) is 14.4. The highest BCUT2D eigenvalue weighted by Crippen LogP contribution is 2.41. The van der Waals surface area contributed by atoms with E-state index < -0.39 is 29.9 Å². The topological polar surface area (TPSA) is 121 Å². The SMILES string of the molecule is CCC(C)(C)c1ccc(ON(C(C)=O)c2cccc(C(=O)NC3=NN(c4c(Cl)cc(Cl)cc4Cl)C(=O)C3N3CCOC3=O)c2)c(C(C)(C)CC)c1. The Morgan fingerprint density at radius 1 is 0.980 bits per heavy atom. The number of amidine groups is 1. The number of nitrogens with zero attached hydrogens (tertiary/aromatic N) is 4. The van der Waals surface area contributed by atoms with Crippen molar-refractivity contribution in [2.45, 2.75) is 78.2 Å². The number of rotatable bonds is 10. The predicted molar refractivity (Wildman–Crippen MR) is 199 cm³/mol. The molecule has 14 heteroatoms. The molecule has 1 N–H and O–H groups in total. The first-order valence-electron chi connectivity index (χ1n) is 16.5. The number of hydroxylamine groups is 1. The summed E-state index contributed by atoms with van der Waals surface area (Å²) in [7, 11) is 0. The van der Waals surface area contributed by atoms with Crippen LogP contribution < -0.4 is 20.2 Å². The maximum Gasteiger partial charge on any atom is 0.411 e. The highest BCUT2D eigenvalue weighted by Gasteiger charge is 2.47. The van der Waals surface area contributed by atoms with E-state index in [1.54, 1.807) is 12.1 Å². The van der Waals surface area contributed by atoms with E-state index in [1.807, 2.05) is 12.1 Å². The van der Waals surface area contributed by atoms with E-state index in [1.165, 1.54) is 31.2 Å². The first kappa shape index (κ1) is 37.9. The molecule has 0 radical (unpaired) electrons. The molecule has 4 amide bonds. The Morgan fingerprint density at radius 3 is 2.24 bits per heavy atom. The third-order valence-corrected chi connectivity index (χ3v) is 10.3. The molecule has 0 saturated carbocycles. The van der Waals surface area contributed by atoms with Gasteiger partial charge in [0.2, 0.25) is 0 Å². The van der Waals surface area contributed by atoms with Gasteiger partial charge in [-0.25, -0.2) is 4.79 Å². The number of hydrogen-bond donors (Lipinski definition) is 1.